The zero-order valence-electron chi connectivity index (χ0n) is 14.2. The van der Waals surface area contributed by atoms with E-state index < -0.39 is 10.0 Å². The summed E-state index contributed by atoms with van der Waals surface area (Å²) in [5.74, 6) is 0.790. The van der Waals surface area contributed by atoms with E-state index in [-0.39, 0.29) is 4.90 Å². The predicted molar refractivity (Wildman–Crippen MR) is 89.2 cm³/mol. The van der Waals surface area contributed by atoms with E-state index >= 15 is 0 Å². The van der Waals surface area contributed by atoms with Crippen molar-refractivity contribution in [2.24, 2.45) is 0 Å². The highest BCUT2D eigenvalue weighted by molar-refractivity contribution is 7.89. The minimum atomic E-state index is -3.49. The summed E-state index contributed by atoms with van der Waals surface area (Å²) in [7, 11) is -0.450. The molecule has 0 N–H and O–H groups in total. The van der Waals surface area contributed by atoms with E-state index in [1.807, 2.05) is 31.2 Å². The summed E-state index contributed by atoms with van der Waals surface area (Å²) >= 11 is 0. The number of sulfonamides is 1. The van der Waals surface area contributed by atoms with Crippen LogP contribution >= 0.6 is 0 Å². The number of hydrogen-bond acceptors (Lipinski definition) is 4. The van der Waals surface area contributed by atoms with E-state index in [0.717, 1.165) is 5.75 Å². The fourth-order valence-corrected chi connectivity index (χ4v) is 3.60. The highest BCUT2D eigenvalue weighted by Crippen LogP contribution is 2.22. The largest absolute Gasteiger partial charge is 0.492 e. The molecule has 0 aliphatic carbocycles. The lowest BCUT2D eigenvalue weighted by molar-refractivity contribution is 0.289. The summed E-state index contributed by atoms with van der Waals surface area (Å²) in [4.78, 5) is 0.276. The smallest absolute Gasteiger partial charge is 0.246 e. The van der Waals surface area contributed by atoms with Gasteiger partial charge in [-0.1, -0.05) is 17.7 Å². The van der Waals surface area contributed by atoms with Crippen molar-refractivity contribution in [2.45, 2.75) is 32.2 Å². The molecule has 0 saturated heterocycles. The van der Waals surface area contributed by atoms with Gasteiger partial charge in [-0.2, -0.15) is 5.10 Å². The Labute approximate surface area is 137 Å². The zero-order chi connectivity index (χ0) is 17.2. The average Bonchev–Trinajstić information content (AvgIpc) is 2.76. The summed E-state index contributed by atoms with van der Waals surface area (Å²) in [5, 5.41) is 4.33. The maximum absolute atomic E-state index is 12.4. The van der Waals surface area contributed by atoms with E-state index in [4.69, 9.17) is 4.74 Å². The summed E-state index contributed by atoms with van der Waals surface area (Å²) < 4.78 is 33.3. The van der Waals surface area contributed by atoms with Crippen molar-refractivity contribution in [2.75, 3.05) is 20.7 Å². The van der Waals surface area contributed by atoms with Crippen molar-refractivity contribution in [3.8, 4) is 5.75 Å². The molecule has 0 aliphatic heterocycles. The molecule has 1 aromatic heterocycles. The van der Waals surface area contributed by atoms with Crippen LogP contribution in [-0.2, 0) is 16.6 Å². The number of benzene rings is 1. The number of ether oxygens (including phenoxy) is 1. The Kier molecular flexibility index (Phi) is 5.11. The Morgan fingerprint density at radius 2 is 1.74 bits per heavy atom. The van der Waals surface area contributed by atoms with E-state index in [1.165, 1.54) is 24.0 Å². The fraction of sp³-hybridized carbons (Fsp3) is 0.438. The molecule has 0 spiro atoms. The van der Waals surface area contributed by atoms with Crippen LogP contribution in [0.15, 0.2) is 29.2 Å². The number of hydrogen-bond donors (Lipinski definition) is 0. The molecule has 0 unspecified atom stereocenters. The molecule has 0 fully saturated rings. The molecule has 1 aromatic carbocycles. The Morgan fingerprint density at radius 1 is 1.13 bits per heavy atom. The van der Waals surface area contributed by atoms with Gasteiger partial charge in [-0.3, -0.25) is 4.68 Å². The predicted octanol–water partition coefficient (Wildman–Crippen LogP) is 2.14. The minimum absolute atomic E-state index is 0.276. The molecule has 0 saturated carbocycles. The molecule has 2 aromatic rings. The third-order valence-electron chi connectivity index (χ3n) is 3.65. The standard InChI is InChI=1S/C16H23N3O3S/c1-12-6-8-15(9-7-12)22-11-10-19-14(3)16(13(2)17-19)23(20,21)18(4)5/h6-9H,10-11H2,1-5H3. The lowest BCUT2D eigenvalue weighted by atomic mass is 10.2. The highest BCUT2D eigenvalue weighted by atomic mass is 32.2. The van der Waals surface area contributed by atoms with Crippen LogP contribution in [0.2, 0.25) is 0 Å². The van der Waals surface area contributed by atoms with Gasteiger partial charge in [-0.05, 0) is 32.9 Å². The van der Waals surface area contributed by atoms with Crippen LogP contribution in [0.3, 0.4) is 0 Å². The highest BCUT2D eigenvalue weighted by Gasteiger charge is 2.26. The Bertz CT molecular complexity index is 778. The lowest BCUT2D eigenvalue weighted by Gasteiger charge is -2.12. The third-order valence-corrected chi connectivity index (χ3v) is 5.71. The van der Waals surface area contributed by atoms with Gasteiger partial charge in [0.05, 0.1) is 17.9 Å². The fourth-order valence-electron chi connectivity index (χ4n) is 2.34. The molecule has 0 aliphatic rings. The molecule has 126 valence electrons. The minimum Gasteiger partial charge on any atom is -0.492 e. The van der Waals surface area contributed by atoms with Crippen molar-refractivity contribution in [1.82, 2.24) is 14.1 Å². The van der Waals surface area contributed by atoms with Crippen molar-refractivity contribution in [3.05, 3.63) is 41.2 Å². The third kappa shape index (κ3) is 3.73. The summed E-state index contributed by atoms with van der Waals surface area (Å²) in [6.07, 6.45) is 0. The van der Waals surface area contributed by atoms with Crippen LogP contribution < -0.4 is 4.74 Å². The summed E-state index contributed by atoms with van der Waals surface area (Å²) in [6.45, 7) is 6.41. The normalized spacial score (nSPS) is 11.9. The number of rotatable bonds is 6. The molecule has 0 atom stereocenters. The van der Waals surface area contributed by atoms with Crippen molar-refractivity contribution < 1.29 is 13.2 Å². The molecule has 0 amide bonds. The lowest BCUT2D eigenvalue weighted by Crippen LogP contribution is -2.23. The van der Waals surface area contributed by atoms with Crippen molar-refractivity contribution in [1.29, 1.82) is 0 Å². The first-order valence-corrected chi connectivity index (χ1v) is 8.83. The van der Waals surface area contributed by atoms with Crippen LogP contribution in [0.5, 0.6) is 5.75 Å². The van der Waals surface area contributed by atoms with Gasteiger partial charge in [0.25, 0.3) is 0 Å². The van der Waals surface area contributed by atoms with Gasteiger partial charge in [0.2, 0.25) is 10.0 Å². The first-order valence-electron chi connectivity index (χ1n) is 7.39. The first kappa shape index (κ1) is 17.5. The summed E-state index contributed by atoms with van der Waals surface area (Å²) in [6, 6.07) is 7.80. The van der Waals surface area contributed by atoms with E-state index in [1.54, 1.807) is 18.5 Å². The quantitative estimate of drug-likeness (QED) is 0.810. The number of aromatic nitrogens is 2. The van der Waals surface area contributed by atoms with E-state index in [0.29, 0.717) is 24.5 Å². The molecule has 0 bridgehead atoms. The molecule has 1 heterocycles. The van der Waals surface area contributed by atoms with Crippen LogP contribution in [0.1, 0.15) is 17.0 Å². The van der Waals surface area contributed by atoms with Crippen LogP contribution in [-0.4, -0.2) is 43.2 Å². The average molecular weight is 337 g/mol. The van der Waals surface area contributed by atoms with Crippen molar-refractivity contribution >= 4 is 10.0 Å². The molecule has 0 radical (unpaired) electrons. The van der Waals surface area contributed by atoms with E-state index in [9.17, 15) is 8.42 Å². The topological polar surface area (TPSA) is 64.4 Å². The maximum Gasteiger partial charge on any atom is 0.246 e. The molecular formula is C16H23N3O3S. The van der Waals surface area contributed by atoms with Gasteiger partial charge < -0.3 is 4.74 Å². The van der Waals surface area contributed by atoms with Gasteiger partial charge in [0, 0.05) is 14.1 Å². The second-order valence-corrected chi connectivity index (χ2v) is 7.76. The van der Waals surface area contributed by atoms with Gasteiger partial charge in [-0.15, -0.1) is 0 Å². The monoisotopic (exact) mass is 337 g/mol. The molecule has 23 heavy (non-hydrogen) atoms. The van der Waals surface area contributed by atoms with Gasteiger partial charge in [0.15, 0.2) is 0 Å². The van der Waals surface area contributed by atoms with Crippen LogP contribution in [0.25, 0.3) is 0 Å². The Hall–Kier alpha value is -1.86. The molecule has 6 nitrogen and oxygen atoms in total. The van der Waals surface area contributed by atoms with Crippen LogP contribution in [0, 0.1) is 20.8 Å². The maximum atomic E-state index is 12.4. The van der Waals surface area contributed by atoms with Gasteiger partial charge >= 0.3 is 0 Å². The summed E-state index contributed by atoms with van der Waals surface area (Å²) in [5.41, 5.74) is 2.31. The first-order chi connectivity index (χ1) is 10.7. The second-order valence-electron chi connectivity index (χ2n) is 5.67. The van der Waals surface area contributed by atoms with Gasteiger partial charge in [0.1, 0.15) is 17.3 Å². The molecule has 7 heteroatoms. The number of aryl methyl sites for hydroxylation is 2. The second kappa shape index (κ2) is 6.72. The molecule has 2 rings (SSSR count). The van der Waals surface area contributed by atoms with Crippen LogP contribution in [0.4, 0.5) is 0 Å². The number of nitrogens with zero attached hydrogens (tertiary/aromatic N) is 3. The van der Waals surface area contributed by atoms with E-state index in [2.05, 4.69) is 5.10 Å². The Morgan fingerprint density at radius 3 is 2.30 bits per heavy atom. The van der Waals surface area contributed by atoms with Crippen molar-refractivity contribution in [3.63, 3.8) is 0 Å². The van der Waals surface area contributed by atoms with Gasteiger partial charge in [-0.25, -0.2) is 12.7 Å². The molecular weight excluding hydrogens is 314 g/mol. The SMILES string of the molecule is Cc1ccc(OCCn2nc(C)c(S(=O)(=O)N(C)C)c2C)cc1. The Balaban J connectivity index is 2.11. The zero-order valence-corrected chi connectivity index (χ0v) is 15.0.